The van der Waals surface area contributed by atoms with Crippen LogP contribution in [0.25, 0.3) is 11.3 Å². The van der Waals surface area contributed by atoms with Gasteiger partial charge in [-0.2, -0.15) is 5.10 Å². The van der Waals surface area contributed by atoms with E-state index in [4.69, 9.17) is 0 Å². The maximum absolute atomic E-state index is 13.3. The zero-order valence-electron chi connectivity index (χ0n) is 16.7. The molecule has 0 aliphatic carbocycles. The highest BCUT2D eigenvalue weighted by molar-refractivity contribution is 7.14. The van der Waals surface area contributed by atoms with Crippen molar-refractivity contribution in [3.63, 3.8) is 0 Å². The van der Waals surface area contributed by atoms with Crippen molar-refractivity contribution in [1.82, 2.24) is 14.8 Å². The molecule has 6 nitrogen and oxygen atoms in total. The van der Waals surface area contributed by atoms with Gasteiger partial charge in [-0.05, 0) is 11.6 Å². The van der Waals surface area contributed by atoms with Gasteiger partial charge in [-0.1, -0.05) is 66.7 Å². The van der Waals surface area contributed by atoms with E-state index >= 15 is 0 Å². The van der Waals surface area contributed by atoms with Gasteiger partial charge in [-0.3, -0.25) is 14.5 Å². The fourth-order valence-electron chi connectivity index (χ4n) is 3.08. The number of thiazole rings is 1. The Kier molecular flexibility index (Phi) is 6.14. The molecule has 0 saturated heterocycles. The Balaban J connectivity index is 1.63. The number of anilines is 1. The lowest BCUT2D eigenvalue weighted by Gasteiger charge is -2.18. The van der Waals surface area contributed by atoms with Gasteiger partial charge in [0.2, 0.25) is 0 Å². The Morgan fingerprint density at radius 1 is 1.03 bits per heavy atom. The summed E-state index contributed by atoms with van der Waals surface area (Å²) in [5.41, 5.74) is 2.61. The Morgan fingerprint density at radius 2 is 1.74 bits per heavy atom. The molecule has 0 saturated carbocycles. The van der Waals surface area contributed by atoms with Crippen molar-refractivity contribution in [1.29, 1.82) is 0 Å². The first-order chi connectivity index (χ1) is 15.2. The molecular weight excluding hydrogens is 408 g/mol. The van der Waals surface area contributed by atoms with Gasteiger partial charge in [-0.15, -0.1) is 17.9 Å². The lowest BCUT2D eigenvalue weighted by molar-refractivity contribution is 0.0982. The molecule has 0 spiro atoms. The summed E-state index contributed by atoms with van der Waals surface area (Å²) in [6.45, 7) is 4.33. The van der Waals surface area contributed by atoms with Crippen LogP contribution in [0, 0.1) is 0 Å². The number of carbonyl (C=O) groups excluding carboxylic acids is 1. The zero-order valence-corrected chi connectivity index (χ0v) is 17.5. The number of benzene rings is 2. The lowest BCUT2D eigenvalue weighted by atomic mass is 10.2. The van der Waals surface area contributed by atoms with Crippen molar-refractivity contribution in [2.45, 2.75) is 6.54 Å². The number of amides is 1. The molecule has 0 atom stereocenters. The van der Waals surface area contributed by atoms with E-state index in [0.29, 0.717) is 5.13 Å². The molecule has 4 rings (SSSR count). The first kappa shape index (κ1) is 20.4. The molecule has 154 valence electrons. The van der Waals surface area contributed by atoms with Gasteiger partial charge in [0, 0.05) is 23.6 Å². The van der Waals surface area contributed by atoms with Gasteiger partial charge < -0.3 is 0 Å². The largest absolute Gasteiger partial charge is 0.280 e. The molecule has 0 unspecified atom stereocenters. The number of aromatic nitrogens is 3. The number of rotatable bonds is 7. The van der Waals surface area contributed by atoms with Crippen LogP contribution < -0.4 is 10.5 Å². The average Bonchev–Trinajstić information content (AvgIpc) is 3.30. The van der Waals surface area contributed by atoms with E-state index < -0.39 is 0 Å². The molecule has 7 heteroatoms. The maximum atomic E-state index is 13.3. The third-order valence-corrected chi connectivity index (χ3v) is 5.47. The van der Waals surface area contributed by atoms with E-state index in [2.05, 4.69) is 16.7 Å². The summed E-state index contributed by atoms with van der Waals surface area (Å²) in [7, 11) is 0. The van der Waals surface area contributed by atoms with Gasteiger partial charge in [-0.25, -0.2) is 9.67 Å². The lowest BCUT2D eigenvalue weighted by Crippen LogP contribution is -2.34. The fourth-order valence-corrected chi connectivity index (χ4v) is 3.92. The highest BCUT2D eigenvalue weighted by Gasteiger charge is 2.22. The molecule has 0 fully saturated rings. The molecule has 0 aliphatic rings. The van der Waals surface area contributed by atoms with Crippen LogP contribution >= 0.6 is 11.3 Å². The summed E-state index contributed by atoms with van der Waals surface area (Å²) in [6, 6.07) is 22.1. The monoisotopic (exact) mass is 428 g/mol. The van der Waals surface area contributed by atoms with E-state index in [-0.39, 0.29) is 30.2 Å². The summed E-state index contributed by atoms with van der Waals surface area (Å²) in [4.78, 5) is 31.7. The molecule has 2 heterocycles. The third kappa shape index (κ3) is 4.67. The van der Waals surface area contributed by atoms with E-state index in [9.17, 15) is 9.59 Å². The van der Waals surface area contributed by atoms with Crippen LogP contribution in [0.3, 0.4) is 0 Å². The van der Waals surface area contributed by atoms with Crippen LogP contribution in [0.5, 0.6) is 0 Å². The predicted octanol–water partition coefficient (Wildman–Crippen LogP) is 4.25. The number of hydrogen-bond donors (Lipinski definition) is 0. The topological polar surface area (TPSA) is 68.1 Å². The van der Waals surface area contributed by atoms with E-state index in [1.807, 2.05) is 66.0 Å². The number of carbonyl (C=O) groups is 1. The third-order valence-electron chi connectivity index (χ3n) is 4.61. The van der Waals surface area contributed by atoms with Crippen LogP contribution in [0.4, 0.5) is 5.13 Å². The van der Waals surface area contributed by atoms with Crippen LogP contribution in [0.1, 0.15) is 16.1 Å². The van der Waals surface area contributed by atoms with Crippen LogP contribution in [0.15, 0.2) is 95.6 Å². The second-order valence-electron chi connectivity index (χ2n) is 6.79. The van der Waals surface area contributed by atoms with E-state index in [1.165, 1.54) is 33.1 Å². The minimum atomic E-state index is -0.337. The highest BCUT2D eigenvalue weighted by Crippen LogP contribution is 2.28. The number of nitrogens with zero attached hydrogens (tertiary/aromatic N) is 4. The summed E-state index contributed by atoms with van der Waals surface area (Å²) in [6.07, 6.45) is 1.64. The van der Waals surface area contributed by atoms with Gasteiger partial charge in [0.1, 0.15) is 5.69 Å². The van der Waals surface area contributed by atoms with Crippen molar-refractivity contribution in [3.8, 4) is 11.3 Å². The minimum Gasteiger partial charge on any atom is -0.279 e. The van der Waals surface area contributed by atoms with Gasteiger partial charge in [0.15, 0.2) is 5.13 Å². The molecule has 31 heavy (non-hydrogen) atoms. The molecule has 2 aromatic heterocycles. The molecular formula is C24H20N4O2S. The Hall–Kier alpha value is -3.84. The molecule has 2 aromatic carbocycles. The number of hydrogen-bond acceptors (Lipinski definition) is 5. The predicted molar refractivity (Wildman–Crippen MR) is 123 cm³/mol. The Bertz CT molecular complexity index is 1250. The van der Waals surface area contributed by atoms with Crippen molar-refractivity contribution >= 4 is 22.4 Å². The van der Waals surface area contributed by atoms with Crippen LogP contribution in [-0.2, 0) is 6.54 Å². The molecule has 0 aliphatic heterocycles. The summed E-state index contributed by atoms with van der Waals surface area (Å²) in [5, 5.41) is 6.78. The van der Waals surface area contributed by atoms with Gasteiger partial charge >= 0.3 is 0 Å². The first-order valence-corrected chi connectivity index (χ1v) is 10.6. The smallest absolute Gasteiger partial charge is 0.279 e. The van der Waals surface area contributed by atoms with E-state index in [0.717, 1.165) is 16.8 Å². The standard InChI is InChI=1S/C24H20N4O2S/c1-2-15-27(24-25-21(17-31-24)19-11-7-4-8-12-19)23(30)20-13-14-22(29)28(26-20)16-18-9-5-3-6-10-18/h2-14,17H,1,15-16H2. The minimum absolute atomic E-state index is 0.175. The first-order valence-electron chi connectivity index (χ1n) is 9.71. The quantitative estimate of drug-likeness (QED) is 0.413. The van der Waals surface area contributed by atoms with Gasteiger partial charge in [0.05, 0.1) is 12.2 Å². The van der Waals surface area contributed by atoms with Crippen LogP contribution in [-0.4, -0.2) is 27.2 Å². The van der Waals surface area contributed by atoms with Crippen molar-refractivity contribution in [3.05, 3.63) is 112 Å². The van der Waals surface area contributed by atoms with E-state index in [1.54, 1.807) is 6.08 Å². The highest BCUT2D eigenvalue weighted by atomic mass is 32.1. The van der Waals surface area contributed by atoms with Crippen molar-refractivity contribution in [2.75, 3.05) is 11.4 Å². The zero-order chi connectivity index (χ0) is 21.6. The summed E-state index contributed by atoms with van der Waals surface area (Å²) < 4.78 is 1.30. The Morgan fingerprint density at radius 3 is 2.45 bits per heavy atom. The summed E-state index contributed by atoms with van der Waals surface area (Å²) >= 11 is 1.38. The Labute approximate surface area is 183 Å². The molecule has 1 amide bonds. The molecule has 4 aromatic rings. The molecule has 0 radical (unpaired) electrons. The van der Waals surface area contributed by atoms with Crippen LogP contribution in [0.2, 0.25) is 0 Å². The van der Waals surface area contributed by atoms with Crippen molar-refractivity contribution in [2.24, 2.45) is 0 Å². The fraction of sp³-hybridized carbons (Fsp3) is 0.0833. The second-order valence-corrected chi connectivity index (χ2v) is 7.62. The normalized spacial score (nSPS) is 10.6. The SMILES string of the molecule is C=CCN(C(=O)c1ccc(=O)n(Cc2ccccc2)n1)c1nc(-c2ccccc2)cs1. The average molecular weight is 429 g/mol. The van der Waals surface area contributed by atoms with Gasteiger partial charge in [0.25, 0.3) is 11.5 Å². The maximum Gasteiger partial charge on any atom is 0.280 e. The molecule has 0 bridgehead atoms. The van der Waals surface area contributed by atoms with Crippen molar-refractivity contribution < 1.29 is 4.79 Å². The summed E-state index contributed by atoms with van der Waals surface area (Å²) in [5.74, 6) is -0.337. The second kappa shape index (κ2) is 9.32. The molecule has 0 N–H and O–H groups in total.